The molecule has 1 unspecified atom stereocenters. The molecule has 0 aromatic rings. The number of oxime groups is 1. The predicted molar refractivity (Wildman–Crippen MR) is 99.1 cm³/mol. The van der Waals surface area contributed by atoms with E-state index in [1.54, 1.807) is 6.08 Å². The fourth-order valence-corrected chi connectivity index (χ4v) is 6.63. The Morgan fingerprint density at radius 1 is 1.26 bits per heavy atom. The first-order valence-corrected chi connectivity index (χ1v) is 10.1. The maximum Gasteiger partial charge on any atom is 0.344 e. The van der Waals surface area contributed by atoms with E-state index in [2.05, 4.69) is 19.0 Å². The highest BCUT2D eigenvalue weighted by atomic mass is 16.6. The highest BCUT2D eigenvalue weighted by Crippen LogP contribution is 2.64. The van der Waals surface area contributed by atoms with Crippen molar-refractivity contribution >= 4 is 17.5 Å². The molecule has 0 amide bonds. The van der Waals surface area contributed by atoms with Crippen molar-refractivity contribution < 1.29 is 24.6 Å². The number of aliphatic hydroxyl groups excluding tert-OH is 1. The number of carbonyl (C=O) groups excluding carboxylic acids is 1. The van der Waals surface area contributed by atoms with Gasteiger partial charge in [-0.3, -0.25) is 4.79 Å². The third-order valence-electron chi connectivity index (χ3n) is 8.12. The molecule has 0 radical (unpaired) electrons. The summed E-state index contributed by atoms with van der Waals surface area (Å²) in [5.41, 5.74) is 1.51. The first-order valence-electron chi connectivity index (χ1n) is 10.1. The minimum absolute atomic E-state index is 0.0454. The number of carbonyl (C=O) groups is 2. The standard InChI is InChI=1S/C21H29NO5/c1-20-7-5-12(23)9-16(20)17(22-27-11-19(25)26)10-13-14-3-4-18(24)21(14,2)8-6-15(13)20/h9,13-15,18,24H,3-8,10-11H2,1-2H3,(H,25,26)/b22-17+/t13?,14-,15-,18-,20+,21-/m0/s1. The Bertz CT molecular complexity index is 728. The van der Waals surface area contributed by atoms with Crippen LogP contribution < -0.4 is 0 Å². The average molecular weight is 375 g/mol. The van der Waals surface area contributed by atoms with Crippen molar-refractivity contribution in [2.24, 2.45) is 33.7 Å². The average Bonchev–Trinajstić information content (AvgIpc) is 2.91. The second-order valence-electron chi connectivity index (χ2n) is 9.37. The molecule has 6 heteroatoms. The fourth-order valence-electron chi connectivity index (χ4n) is 6.63. The number of aliphatic hydroxyl groups is 1. The smallest absolute Gasteiger partial charge is 0.344 e. The summed E-state index contributed by atoms with van der Waals surface area (Å²) in [7, 11) is 0. The summed E-state index contributed by atoms with van der Waals surface area (Å²) in [4.78, 5) is 28.0. The third-order valence-corrected chi connectivity index (χ3v) is 8.12. The lowest BCUT2D eigenvalue weighted by Gasteiger charge is -2.57. The van der Waals surface area contributed by atoms with Crippen LogP contribution in [0.4, 0.5) is 0 Å². The molecule has 6 atom stereocenters. The topological polar surface area (TPSA) is 96.2 Å². The van der Waals surface area contributed by atoms with E-state index in [0.29, 0.717) is 30.6 Å². The molecule has 0 saturated heterocycles. The van der Waals surface area contributed by atoms with Gasteiger partial charge in [-0.2, -0.15) is 0 Å². The second kappa shape index (κ2) is 6.43. The van der Waals surface area contributed by atoms with Gasteiger partial charge in [0.2, 0.25) is 6.61 Å². The largest absolute Gasteiger partial charge is 0.479 e. The molecule has 0 aliphatic heterocycles. The molecule has 6 nitrogen and oxygen atoms in total. The number of allylic oxidation sites excluding steroid dienone is 1. The molecule has 0 bridgehead atoms. The summed E-state index contributed by atoms with van der Waals surface area (Å²) >= 11 is 0. The lowest BCUT2D eigenvalue weighted by molar-refractivity contribution is -0.142. The zero-order chi connectivity index (χ0) is 19.4. The van der Waals surface area contributed by atoms with Gasteiger partial charge in [-0.1, -0.05) is 19.0 Å². The minimum atomic E-state index is -1.06. The Morgan fingerprint density at radius 3 is 2.78 bits per heavy atom. The van der Waals surface area contributed by atoms with E-state index in [-0.39, 0.29) is 22.7 Å². The van der Waals surface area contributed by atoms with Crippen LogP contribution in [-0.4, -0.2) is 40.4 Å². The van der Waals surface area contributed by atoms with Crippen molar-refractivity contribution in [3.8, 4) is 0 Å². The van der Waals surface area contributed by atoms with Gasteiger partial charge in [0.25, 0.3) is 0 Å². The number of ketones is 1. The summed E-state index contributed by atoms with van der Waals surface area (Å²) in [6.07, 6.45) is 7.50. The Balaban J connectivity index is 1.72. The van der Waals surface area contributed by atoms with Gasteiger partial charge in [0.1, 0.15) is 0 Å². The van der Waals surface area contributed by atoms with Gasteiger partial charge in [0, 0.05) is 6.42 Å². The van der Waals surface area contributed by atoms with E-state index in [4.69, 9.17) is 9.94 Å². The molecule has 0 heterocycles. The highest BCUT2D eigenvalue weighted by Gasteiger charge is 2.60. The van der Waals surface area contributed by atoms with Gasteiger partial charge in [0.05, 0.1) is 11.8 Å². The van der Waals surface area contributed by atoms with Crippen LogP contribution in [0.2, 0.25) is 0 Å². The van der Waals surface area contributed by atoms with Crippen LogP contribution in [0, 0.1) is 28.6 Å². The summed E-state index contributed by atoms with van der Waals surface area (Å²) in [5.74, 6) is 0.353. The molecule has 0 spiro atoms. The summed E-state index contributed by atoms with van der Waals surface area (Å²) in [6.45, 7) is 3.99. The van der Waals surface area contributed by atoms with Gasteiger partial charge in [0.15, 0.2) is 5.78 Å². The summed E-state index contributed by atoms with van der Waals surface area (Å²) in [5, 5.41) is 23.6. The third kappa shape index (κ3) is 2.84. The normalized spacial score (nSPS) is 44.9. The molecule has 0 aromatic carbocycles. The van der Waals surface area contributed by atoms with Crippen molar-refractivity contribution in [1.29, 1.82) is 0 Å². The minimum Gasteiger partial charge on any atom is -0.479 e. The molecule has 4 rings (SSSR count). The van der Waals surface area contributed by atoms with Crippen molar-refractivity contribution in [2.75, 3.05) is 6.61 Å². The molecule has 3 fully saturated rings. The van der Waals surface area contributed by atoms with Gasteiger partial charge >= 0.3 is 5.97 Å². The number of carboxylic acid groups (broad SMARTS) is 1. The van der Waals surface area contributed by atoms with E-state index in [1.165, 1.54) is 0 Å². The first kappa shape index (κ1) is 18.7. The number of aliphatic carboxylic acids is 1. The van der Waals surface area contributed by atoms with Gasteiger partial charge in [-0.25, -0.2) is 4.79 Å². The number of nitrogens with zero attached hydrogens (tertiary/aromatic N) is 1. The SMILES string of the molecule is C[C@]12CC[C@H]3C(C/C(=N\OCC(=O)O)C4=CC(=O)CC[C@@]43C)[C@@H]1CC[C@@H]2O. The predicted octanol–water partition coefficient (Wildman–Crippen LogP) is 2.95. The fraction of sp³-hybridized carbons (Fsp3) is 0.762. The Hall–Kier alpha value is -1.69. The Morgan fingerprint density at radius 2 is 2.04 bits per heavy atom. The zero-order valence-electron chi connectivity index (χ0n) is 16.1. The number of hydrogen-bond donors (Lipinski definition) is 2. The lowest BCUT2D eigenvalue weighted by atomic mass is 9.47. The van der Waals surface area contributed by atoms with Crippen molar-refractivity contribution in [1.82, 2.24) is 0 Å². The Kier molecular flexibility index (Phi) is 4.45. The lowest BCUT2D eigenvalue weighted by Crippen LogP contribution is -2.53. The molecule has 27 heavy (non-hydrogen) atoms. The van der Waals surface area contributed by atoms with E-state index < -0.39 is 12.6 Å². The first-order chi connectivity index (χ1) is 12.8. The van der Waals surface area contributed by atoms with Crippen LogP contribution in [0.1, 0.15) is 58.8 Å². The van der Waals surface area contributed by atoms with Crippen LogP contribution in [-0.2, 0) is 14.4 Å². The number of carboxylic acids is 1. The molecule has 4 aliphatic rings. The van der Waals surface area contributed by atoms with Gasteiger partial charge < -0.3 is 15.1 Å². The second-order valence-corrected chi connectivity index (χ2v) is 9.37. The van der Waals surface area contributed by atoms with Crippen molar-refractivity contribution in [2.45, 2.75) is 64.9 Å². The van der Waals surface area contributed by atoms with Gasteiger partial charge in [-0.05, 0) is 78.8 Å². The number of hydrogen-bond acceptors (Lipinski definition) is 5. The van der Waals surface area contributed by atoms with Crippen LogP contribution in [0.25, 0.3) is 0 Å². The Labute approximate surface area is 159 Å². The number of fused-ring (bicyclic) bond motifs is 5. The van der Waals surface area contributed by atoms with Crippen LogP contribution >= 0.6 is 0 Å². The molecule has 148 valence electrons. The molecule has 0 aromatic heterocycles. The molecule has 3 saturated carbocycles. The maximum atomic E-state index is 12.1. The quantitative estimate of drug-likeness (QED) is 0.740. The monoisotopic (exact) mass is 375 g/mol. The van der Waals surface area contributed by atoms with Crippen molar-refractivity contribution in [3.05, 3.63) is 11.6 Å². The molecular formula is C21H29NO5. The van der Waals surface area contributed by atoms with Crippen molar-refractivity contribution in [3.63, 3.8) is 0 Å². The van der Waals surface area contributed by atoms with E-state index in [0.717, 1.165) is 43.4 Å². The summed E-state index contributed by atoms with van der Waals surface area (Å²) < 4.78 is 0. The number of rotatable bonds is 3. The maximum absolute atomic E-state index is 12.1. The molecule has 2 N–H and O–H groups in total. The van der Waals surface area contributed by atoms with Crippen LogP contribution in [0.5, 0.6) is 0 Å². The van der Waals surface area contributed by atoms with Gasteiger partial charge in [-0.15, -0.1) is 0 Å². The van der Waals surface area contributed by atoms with E-state index in [1.807, 2.05) is 0 Å². The molecule has 4 aliphatic carbocycles. The van der Waals surface area contributed by atoms with Crippen LogP contribution in [0.3, 0.4) is 0 Å². The van der Waals surface area contributed by atoms with Crippen LogP contribution in [0.15, 0.2) is 16.8 Å². The molecular weight excluding hydrogens is 346 g/mol. The highest BCUT2D eigenvalue weighted by molar-refractivity contribution is 6.08. The van der Waals surface area contributed by atoms with E-state index in [9.17, 15) is 14.7 Å². The van der Waals surface area contributed by atoms with E-state index >= 15 is 0 Å². The zero-order valence-corrected chi connectivity index (χ0v) is 16.1. The summed E-state index contributed by atoms with van der Waals surface area (Å²) in [6, 6.07) is 0.